The van der Waals surface area contributed by atoms with Gasteiger partial charge in [-0.05, 0) is 51.0 Å². The van der Waals surface area contributed by atoms with Crippen LogP contribution >= 0.6 is 0 Å². The van der Waals surface area contributed by atoms with Crippen molar-refractivity contribution < 1.29 is 13.9 Å². The molecule has 0 saturated carbocycles. The Bertz CT molecular complexity index is 1170. The van der Waals surface area contributed by atoms with Gasteiger partial charge in [-0.2, -0.15) is 9.97 Å². The van der Waals surface area contributed by atoms with Gasteiger partial charge in [0, 0.05) is 5.56 Å². The van der Waals surface area contributed by atoms with Crippen LogP contribution in [0.3, 0.4) is 0 Å². The molecule has 6 nitrogen and oxygen atoms in total. The standard InChI is InChI=1S/C23H23N3O3/c1-5-11-27-21-19-22(29-20(24-19)17-8-6-7-14(2)13-17)26-23(25-21)28-18-10-9-15(3)12-16(18)4/h6-10,12-13H,5,11H2,1-4H3. The fraction of sp³-hybridized carbons (Fsp3) is 0.261. The number of nitrogens with zero attached hydrogens (tertiary/aromatic N) is 3. The number of aromatic nitrogens is 3. The highest BCUT2D eigenvalue weighted by molar-refractivity contribution is 5.78. The highest BCUT2D eigenvalue weighted by atomic mass is 16.5. The van der Waals surface area contributed by atoms with E-state index in [1.54, 1.807) is 0 Å². The lowest BCUT2D eigenvalue weighted by Crippen LogP contribution is -2.01. The molecule has 29 heavy (non-hydrogen) atoms. The van der Waals surface area contributed by atoms with Gasteiger partial charge in [0.1, 0.15) is 5.75 Å². The Labute approximate surface area is 169 Å². The van der Waals surface area contributed by atoms with Crippen LogP contribution in [0.25, 0.3) is 22.7 Å². The summed E-state index contributed by atoms with van der Waals surface area (Å²) in [7, 11) is 0. The first-order chi connectivity index (χ1) is 14.0. The lowest BCUT2D eigenvalue weighted by atomic mass is 10.1. The normalized spacial score (nSPS) is 11.0. The smallest absolute Gasteiger partial charge is 0.328 e. The second kappa shape index (κ2) is 7.91. The van der Waals surface area contributed by atoms with Crippen LogP contribution in [0.4, 0.5) is 0 Å². The van der Waals surface area contributed by atoms with E-state index in [2.05, 4.69) is 15.0 Å². The second-order valence-corrected chi connectivity index (χ2v) is 7.07. The van der Waals surface area contributed by atoms with Crippen molar-refractivity contribution in [1.82, 2.24) is 15.0 Å². The van der Waals surface area contributed by atoms with E-state index in [1.807, 2.05) is 70.2 Å². The van der Waals surface area contributed by atoms with Gasteiger partial charge in [-0.15, -0.1) is 0 Å². The predicted molar refractivity (Wildman–Crippen MR) is 112 cm³/mol. The number of aryl methyl sites for hydroxylation is 3. The SMILES string of the molecule is CCCOc1nc(Oc2ccc(C)cc2C)nc2oc(-c3cccc(C)c3)nc12. The molecule has 0 aliphatic heterocycles. The van der Waals surface area contributed by atoms with E-state index in [0.717, 1.165) is 28.7 Å². The summed E-state index contributed by atoms with van der Waals surface area (Å²) >= 11 is 0. The number of hydrogen-bond donors (Lipinski definition) is 0. The van der Waals surface area contributed by atoms with Crippen LogP contribution in [-0.4, -0.2) is 21.6 Å². The number of hydrogen-bond acceptors (Lipinski definition) is 6. The largest absolute Gasteiger partial charge is 0.476 e. The molecule has 0 spiro atoms. The zero-order valence-corrected chi connectivity index (χ0v) is 17.0. The number of fused-ring (bicyclic) bond motifs is 1. The van der Waals surface area contributed by atoms with Crippen LogP contribution in [-0.2, 0) is 0 Å². The topological polar surface area (TPSA) is 70.3 Å². The van der Waals surface area contributed by atoms with E-state index in [1.165, 1.54) is 0 Å². The Morgan fingerprint density at radius 3 is 2.52 bits per heavy atom. The van der Waals surface area contributed by atoms with E-state index in [9.17, 15) is 0 Å². The molecular weight excluding hydrogens is 366 g/mol. The predicted octanol–water partition coefficient (Wildman–Crippen LogP) is 5.79. The molecule has 0 atom stereocenters. The number of benzene rings is 2. The van der Waals surface area contributed by atoms with Crippen LogP contribution < -0.4 is 9.47 Å². The zero-order chi connectivity index (χ0) is 20.4. The molecular formula is C23H23N3O3. The molecule has 0 amide bonds. The van der Waals surface area contributed by atoms with E-state index in [-0.39, 0.29) is 6.01 Å². The summed E-state index contributed by atoms with van der Waals surface area (Å²) in [4.78, 5) is 13.5. The summed E-state index contributed by atoms with van der Waals surface area (Å²) in [5.41, 5.74) is 4.99. The van der Waals surface area contributed by atoms with Crippen LogP contribution in [0.2, 0.25) is 0 Å². The summed E-state index contributed by atoms with van der Waals surface area (Å²) in [6.07, 6.45) is 0.849. The van der Waals surface area contributed by atoms with Gasteiger partial charge in [0.15, 0.2) is 5.52 Å². The zero-order valence-electron chi connectivity index (χ0n) is 17.0. The molecule has 0 bridgehead atoms. The minimum Gasteiger partial charge on any atom is -0.476 e. The van der Waals surface area contributed by atoms with Crippen LogP contribution in [0.5, 0.6) is 17.6 Å². The third-order valence-corrected chi connectivity index (χ3v) is 4.45. The van der Waals surface area contributed by atoms with Gasteiger partial charge < -0.3 is 13.9 Å². The number of ether oxygens (including phenoxy) is 2. The summed E-state index contributed by atoms with van der Waals surface area (Å²) in [5.74, 6) is 1.53. The van der Waals surface area contributed by atoms with Gasteiger partial charge in [0.2, 0.25) is 5.89 Å². The molecule has 148 valence electrons. The second-order valence-electron chi connectivity index (χ2n) is 7.07. The van der Waals surface area contributed by atoms with Crippen molar-refractivity contribution in [3.8, 4) is 29.1 Å². The first-order valence-corrected chi connectivity index (χ1v) is 9.67. The number of oxazole rings is 1. The molecule has 2 aromatic carbocycles. The Hall–Kier alpha value is -3.41. The first kappa shape index (κ1) is 18.9. The van der Waals surface area contributed by atoms with Crippen molar-refractivity contribution in [1.29, 1.82) is 0 Å². The third kappa shape index (κ3) is 4.06. The fourth-order valence-corrected chi connectivity index (χ4v) is 3.04. The average molecular weight is 389 g/mol. The van der Waals surface area contributed by atoms with E-state index < -0.39 is 0 Å². The molecule has 6 heteroatoms. The summed E-state index contributed by atoms with van der Waals surface area (Å²) in [6, 6.07) is 14.1. The summed E-state index contributed by atoms with van der Waals surface area (Å²) in [5, 5.41) is 0. The molecule has 0 unspecified atom stereocenters. The van der Waals surface area contributed by atoms with E-state index in [0.29, 0.717) is 35.4 Å². The van der Waals surface area contributed by atoms with Crippen LogP contribution in [0.1, 0.15) is 30.0 Å². The molecule has 0 aliphatic rings. The Kier molecular flexibility index (Phi) is 5.16. The maximum absolute atomic E-state index is 5.94. The first-order valence-electron chi connectivity index (χ1n) is 9.67. The minimum atomic E-state index is 0.169. The Balaban J connectivity index is 1.77. The van der Waals surface area contributed by atoms with Gasteiger partial charge in [-0.1, -0.05) is 42.3 Å². The quantitative estimate of drug-likeness (QED) is 0.416. The lowest BCUT2D eigenvalue weighted by molar-refractivity contribution is 0.302. The molecule has 2 heterocycles. The van der Waals surface area contributed by atoms with Gasteiger partial charge >= 0.3 is 6.01 Å². The van der Waals surface area contributed by atoms with Crippen molar-refractivity contribution in [3.05, 3.63) is 59.2 Å². The summed E-state index contributed by atoms with van der Waals surface area (Å²) < 4.78 is 17.7. The van der Waals surface area contributed by atoms with E-state index in [4.69, 9.17) is 13.9 Å². The molecule has 0 saturated heterocycles. The third-order valence-electron chi connectivity index (χ3n) is 4.45. The molecule has 0 fully saturated rings. The molecule has 4 rings (SSSR count). The Morgan fingerprint density at radius 2 is 1.76 bits per heavy atom. The lowest BCUT2D eigenvalue weighted by Gasteiger charge is -2.09. The molecule has 2 aromatic heterocycles. The van der Waals surface area contributed by atoms with Crippen LogP contribution in [0, 0.1) is 20.8 Å². The Morgan fingerprint density at radius 1 is 0.931 bits per heavy atom. The van der Waals surface area contributed by atoms with E-state index >= 15 is 0 Å². The molecule has 0 N–H and O–H groups in total. The maximum atomic E-state index is 5.94. The highest BCUT2D eigenvalue weighted by Crippen LogP contribution is 2.32. The van der Waals surface area contributed by atoms with Crippen molar-refractivity contribution >= 4 is 11.2 Å². The highest BCUT2D eigenvalue weighted by Gasteiger charge is 2.19. The van der Waals surface area contributed by atoms with Crippen molar-refractivity contribution in [2.75, 3.05) is 6.61 Å². The minimum absolute atomic E-state index is 0.169. The number of rotatable bonds is 6. The molecule has 4 aromatic rings. The summed E-state index contributed by atoms with van der Waals surface area (Å²) in [6.45, 7) is 8.60. The van der Waals surface area contributed by atoms with Crippen molar-refractivity contribution in [2.45, 2.75) is 34.1 Å². The van der Waals surface area contributed by atoms with Crippen LogP contribution in [0.15, 0.2) is 46.9 Å². The van der Waals surface area contributed by atoms with Gasteiger partial charge in [-0.3, -0.25) is 0 Å². The van der Waals surface area contributed by atoms with Crippen molar-refractivity contribution in [2.24, 2.45) is 0 Å². The molecule has 0 radical (unpaired) electrons. The maximum Gasteiger partial charge on any atom is 0.328 e. The monoisotopic (exact) mass is 389 g/mol. The average Bonchev–Trinajstić information content (AvgIpc) is 3.13. The van der Waals surface area contributed by atoms with Gasteiger partial charge in [0.25, 0.3) is 11.6 Å². The van der Waals surface area contributed by atoms with Crippen molar-refractivity contribution in [3.63, 3.8) is 0 Å². The fourth-order valence-electron chi connectivity index (χ4n) is 3.04. The van der Waals surface area contributed by atoms with Gasteiger partial charge in [0.05, 0.1) is 6.61 Å². The molecule has 0 aliphatic carbocycles. The van der Waals surface area contributed by atoms with Gasteiger partial charge in [-0.25, -0.2) is 4.98 Å².